The number of hydrogen-bond donors (Lipinski definition) is 0. The Bertz CT molecular complexity index is 143. The van der Waals surface area contributed by atoms with Crippen LogP contribution in [-0.4, -0.2) is 5.25 Å². The van der Waals surface area contributed by atoms with Gasteiger partial charge in [0.15, 0.2) is 0 Å². The van der Waals surface area contributed by atoms with E-state index in [-0.39, 0.29) is 0 Å². The van der Waals surface area contributed by atoms with Crippen LogP contribution in [0.1, 0.15) is 51.9 Å². The second-order valence-electron chi connectivity index (χ2n) is 3.62. The van der Waals surface area contributed by atoms with E-state index in [1.54, 1.807) is 0 Å². The van der Waals surface area contributed by atoms with E-state index < -0.39 is 0 Å². The molecule has 2 heteroatoms. The molecule has 0 amide bonds. The Hall–Kier alpha value is 0.440. The van der Waals surface area contributed by atoms with Gasteiger partial charge in [0.1, 0.15) is 0 Å². The Kier molecular flexibility index (Phi) is 6.92. The summed E-state index contributed by atoms with van der Waals surface area (Å²) in [7, 11) is 3.91. The summed E-state index contributed by atoms with van der Waals surface area (Å²) in [6, 6.07) is 0. The predicted molar refractivity (Wildman–Crippen MR) is 66.1 cm³/mol. The predicted octanol–water partition coefficient (Wildman–Crippen LogP) is 5.01. The molecule has 0 fully saturated rings. The van der Waals surface area contributed by atoms with Crippen molar-refractivity contribution in [3.8, 4) is 0 Å². The van der Waals surface area contributed by atoms with Crippen LogP contribution in [0, 0.1) is 0 Å². The van der Waals surface area contributed by atoms with Crippen molar-refractivity contribution in [1.82, 2.24) is 0 Å². The summed E-state index contributed by atoms with van der Waals surface area (Å²) in [6.07, 6.45) is 12.3. The number of unbranched alkanes of at least 4 members (excludes halogenated alkanes) is 5. The number of hydrogen-bond acceptors (Lipinski definition) is 2. The molecule has 0 saturated heterocycles. The van der Waals surface area contributed by atoms with Gasteiger partial charge in [-0.3, -0.25) is 0 Å². The summed E-state index contributed by atoms with van der Waals surface area (Å²) in [4.78, 5) is 0. The molecule has 76 valence electrons. The average molecular weight is 216 g/mol. The van der Waals surface area contributed by atoms with Crippen molar-refractivity contribution in [1.29, 1.82) is 0 Å². The van der Waals surface area contributed by atoms with Crippen LogP contribution in [0.2, 0.25) is 0 Å². The Balaban J connectivity index is 1.81. The summed E-state index contributed by atoms with van der Waals surface area (Å²) < 4.78 is 0. The zero-order chi connectivity index (χ0) is 9.36. The van der Waals surface area contributed by atoms with E-state index >= 15 is 0 Å². The average Bonchev–Trinajstić information content (AvgIpc) is 2.63. The van der Waals surface area contributed by atoms with Crippen molar-refractivity contribution >= 4 is 21.6 Å². The molecule has 0 N–H and O–H groups in total. The fourth-order valence-electron chi connectivity index (χ4n) is 1.53. The highest BCUT2D eigenvalue weighted by Gasteiger charge is 2.09. The van der Waals surface area contributed by atoms with Crippen molar-refractivity contribution in [2.75, 3.05) is 0 Å². The normalized spacial score (nSPS) is 21.2. The molecule has 0 spiro atoms. The topological polar surface area (TPSA) is 0 Å². The molecule has 0 radical (unpaired) electrons. The molecular formula is C11H20S2. The first-order chi connectivity index (χ1) is 6.43. The standard InChI is InChI=1S/C11H20S2/c1-2-3-4-5-6-7-8-11-9-10-12-13-11/h9-11H,2-8H2,1H3. The SMILES string of the molecule is CCCCCCCCC1C=CSS1. The van der Waals surface area contributed by atoms with Crippen molar-refractivity contribution in [3.63, 3.8) is 0 Å². The minimum absolute atomic E-state index is 0.816. The highest BCUT2D eigenvalue weighted by molar-refractivity contribution is 8.78. The molecule has 0 aromatic rings. The van der Waals surface area contributed by atoms with Gasteiger partial charge in [-0.15, -0.1) is 0 Å². The van der Waals surface area contributed by atoms with Gasteiger partial charge in [-0.2, -0.15) is 0 Å². The maximum absolute atomic E-state index is 2.35. The molecule has 1 heterocycles. The molecule has 1 unspecified atom stereocenters. The summed E-state index contributed by atoms with van der Waals surface area (Å²) >= 11 is 0. The van der Waals surface area contributed by atoms with Gasteiger partial charge in [0.2, 0.25) is 0 Å². The molecule has 0 aromatic heterocycles. The monoisotopic (exact) mass is 216 g/mol. The van der Waals surface area contributed by atoms with Crippen LogP contribution in [0.25, 0.3) is 0 Å². The highest BCUT2D eigenvalue weighted by Crippen LogP contribution is 2.37. The van der Waals surface area contributed by atoms with E-state index in [0.717, 1.165) is 5.25 Å². The lowest BCUT2D eigenvalue weighted by atomic mass is 10.1. The molecule has 1 atom stereocenters. The van der Waals surface area contributed by atoms with Crippen LogP contribution in [-0.2, 0) is 0 Å². The summed E-state index contributed by atoms with van der Waals surface area (Å²) in [5.74, 6) is 0. The first kappa shape index (κ1) is 11.5. The van der Waals surface area contributed by atoms with E-state index in [1.807, 2.05) is 21.6 Å². The highest BCUT2D eigenvalue weighted by atomic mass is 33.1. The van der Waals surface area contributed by atoms with E-state index in [1.165, 1.54) is 44.9 Å². The summed E-state index contributed by atoms with van der Waals surface area (Å²) in [5, 5.41) is 3.04. The first-order valence-corrected chi connectivity index (χ1v) is 7.70. The molecular weight excluding hydrogens is 196 g/mol. The van der Waals surface area contributed by atoms with Gasteiger partial charge in [0, 0.05) is 5.25 Å². The minimum atomic E-state index is 0.816. The zero-order valence-electron chi connectivity index (χ0n) is 8.50. The lowest BCUT2D eigenvalue weighted by molar-refractivity contribution is 0.595. The van der Waals surface area contributed by atoms with E-state index in [2.05, 4.69) is 18.4 Å². The van der Waals surface area contributed by atoms with Crippen LogP contribution >= 0.6 is 21.6 Å². The quantitative estimate of drug-likeness (QED) is 0.433. The minimum Gasteiger partial charge on any atom is -0.0819 e. The molecule has 0 aromatic carbocycles. The third-order valence-corrected chi connectivity index (χ3v) is 4.80. The Morgan fingerprint density at radius 1 is 1.08 bits per heavy atom. The lowest BCUT2D eigenvalue weighted by Gasteiger charge is -2.05. The largest absolute Gasteiger partial charge is 0.0819 e. The molecule has 1 aliphatic heterocycles. The maximum atomic E-state index is 2.35. The van der Waals surface area contributed by atoms with E-state index in [0.29, 0.717) is 0 Å². The molecule has 1 aliphatic rings. The van der Waals surface area contributed by atoms with Crippen molar-refractivity contribution < 1.29 is 0 Å². The van der Waals surface area contributed by atoms with E-state index in [4.69, 9.17) is 0 Å². The molecule has 1 rings (SSSR count). The van der Waals surface area contributed by atoms with Crippen LogP contribution in [0.15, 0.2) is 11.5 Å². The Labute approximate surface area is 90.3 Å². The van der Waals surface area contributed by atoms with Gasteiger partial charge >= 0.3 is 0 Å². The smallest absolute Gasteiger partial charge is 0.0342 e. The molecule has 0 nitrogen and oxygen atoms in total. The fraction of sp³-hybridized carbons (Fsp3) is 0.818. The van der Waals surface area contributed by atoms with Gasteiger partial charge in [-0.25, -0.2) is 0 Å². The van der Waals surface area contributed by atoms with Crippen molar-refractivity contribution in [3.05, 3.63) is 11.5 Å². The van der Waals surface area contributed by atoms with Crippen LogP contribution in [0.5, 0.6) is 0 Å². The van der Waals surface area contributed by atoms with Gasteiger partial charge < -0.3 is 0 Å². The molecule has 0 bridgehead atoms. The fourth-order valence-corrected chi connectivity index (χ4v) is 3.79. The Morgan fingerprint density at radius 2 is 1.85 bits per heavy atom. The van der Waals surface area contributed by atoms with Crippen molar-refractivity contribution in [2.24, 2.45) is 0 Å². The van der Waals surface area contributed by atoms with Gasteiger partial charge in [-0.1, -0.05) is 73.1 Å². The van der Waals surface area contributed by atoms with E-state index in [9.17, 15) is 0 Å². The van der Waals surface area contributed by atoms with Crippen LogP contribution < -0.4 is 0 Å². The number of rotatable bonds is 7. The van der Waals surface area contributed by atoms with Crippen LogP contribution in [0.3, 0.4) is 0 Å². The van der Waals surface area contributed by atoms with Gasteiger partial charge in [0.25, 0.3) is 0 Å². The summed E-state index contributed by atoms with van der Waals surface area (Å²) in [5.41, 5.74) is 0. The van der Waals surface area contributed by atoms with Gasteiger partial charge in [0.05, 0.1) is 0 Å². The van der Waals surface area contributed by atoms with Crippen LogP contribution in [0.4, 0.5) is 0 Å². The summed E-state index contributed by atoms with van der Waals surface area (Å²) in [6.45, 7) is 2.27. The van der Waals surface area contributed by atoms with Gasteiger partial charge in [-0.05, 0) is 11.8 Å². The van der Waals surface area contributed by atoms with Crippen molar-refractivity contribution in [2.45, 2.75) is 57.1 Å². The lowest BCUT2D eigenvalue weighted by Crippen LogP contribution is -1.92. The molecule has 13 heavy (non-hydrogen) atoms. The molecule has 0 saturated carbocycles. The third kappa shape index (κ3) is 5.69. The zero-order valence-corrected chi connectivity index (χ0v) is 10.1. The second-order valence-corrected chi connectivity index (χ2v) is 6.03. The second kappa shape index (κ2) is 7.81. The first-order valence-electron chi connectivity index (χ1n) is 5.42. The maximum Gasteiger partial charge on any atom is 0.0342 e. The molecule has 0 aliphatic carbocycles. The third-order valence-electron chi connectivity index (χ3n) is 2.37. The Morgan fingerprint density at radius 3 is 2.54 bits per heavy atom.